The molecule has 0 aliphatic carbocycles. The molecule has 0 bridgehead atoms. The second-order valence-corrected chi connectivity index (χ2v) is 8.76. The molecule has 0 spiro atoms. The molecule has 6 heteroatoms. The molecule has 28 heavy (non-hydrogen) atoms. The molecule has 2 aliphatic heterocycles. The van der Waals surface area contributed by atoms with Crippen LogP contribution in [0.1, 0.15) is 55.3 Å². The molecule has 1 aromatic carbocycles. The van der Waals surface area contributed by atoms with Crippen molar-refractivity contribution in [2.24, 2.45) is 0 Å². The molecular formula is C22H33N3O2S. The summed E-state index contributed by atoms with van der Waals surface area (Å²) < 4.78 is 0. The van der Waals surface area contributed by atoms with Crippen LogP contribution in [0.4, 0.5) is 0 Å². The quantitative estimate of drug-likeness (QED) is 0.534. The fourth-order valence-corrected chi connectivity index (χ4v) is 4.89. The van der Waals surface area contributed by atoms with E-state index in [2.05, 4.69) is 10.2 Å². The first-order chi connectivity index (χ1) is 13.7. The van der Waals surface area contributed by atoms with Gasteiger partial charge in [0.1, 0.15) is 0 Å². The maximum absolute atomic E-state index is 12.6. The highest BCUT2D eigenvalue weighted by molar-refractivity contribution is 8.00. The molecule has 0 saturated carbocycles. The van der Waals surface area contributed by atoms with Crippen LogP contribution >= 0.6 is 11.8 Å². The number of thioether (sulfide) groups is 1. The second-order valence-electron chi connectivity index (χ2n) is 7.74. The van der Waals surface area contributed by atoms with E-state index in [-0.39, 0.29) is 11.8 Å². The summed E-state index contributed by atoms with van der Waals surface area (Å²) in [5.41, 5.74) is 0.677. The normalized spacial score (nSPS) is 18.1. The molecule has 2 saturated heterocycles. The Morgan fingerprint density at radius 2 is 1.61 bits per heavy atom. The number of benzene rings is 1. The summed E-state index contributed by atoms with van der Waals surface area (Å²) in [5.74, 6) is 0.543. The molecule has 2 fully saturated rings. The van der Waals surface area contributed by atoms with Gasteiger partial charge in [0.15, 0.2) is 0 Å². The van der Waals surface area contributed by atoms with Gasteiger partial charge in [0.05, 0.1) is 11.3 Å². The van der Waals surface area contributed by atoms with Gasteiger partial charge in [-0.15, -0.1) is 11.8 Å². The van der Waals surface area contributed by atoms with Crippen LogP contribution in [0.5, 0.6) is 0 Å². The van der Waals surface area contributed by atoms with Gasteiger partial charge in [-0.05, 0) is 63.9 Å². The van der Waals surface area contributed by atoms with Crippen LogP contribution < -0.4 is 5.32 Å². The molecular weight excluding hydrogens is 370 g/mol. The number of nitrogens with zero attached hydrogens (tertiary/aromatic N) is 2. The summed E-state index contributed by atoms with van der Waals surface area (Å²) in [6, 6.07) is 7.61. The Kier molecular flexibility index (Phi) is 8.68. The van der Waals surface area contributed by atoms with Gasteiger partial charge in [-0.1, -0.05) is 25.0 Å². The minimum Gasteiger partial charge on any atom is -0.352 e. The van der Waals surface area contributed by atoms with Gasteiger partial charge in [-0.3, -0.25) is 9.59 Å². The lowest BCUT2D eigenvalue weighted by atomic mass is 10.2. The number of hydrogen-bond acceptors (Lipinski definition) is 4. The lowest BCUT2D eigenvalue weighted by molar-refractivity contribution is -0.127. The van der Waals surface area contributed by atoms with Crippen LogP contribution in [0.2, 0.25) is 0 Å². The lowest BCUT2D eigenvalue weighted by Gasteiger charge is -2.19. The molecule has 3 rings (SSSR count). The van der Waals surface area contributed by atoms with Crippen LogP contribution in [0.15, 0.2) is 29.2 Å². The summed E-state index contributed by atoms with van der Waals surface area (Å²) in [4.78, 5) is 30.3. The Morgan fingerprint density at radius 3 is 2.36 bits per heavy atom. The highest BCUT2D eigenvalue weighted by Crippen LogP contribution is 2.23. The van der Waals surface area contributed by atoms with Crippen LogP contribution in [0.25, 0.3) is 0 Å². The average molecular weight is 404 g/mol. The minimum absolute atomic E-state index is 0.0346. The third-order valence-electron chi connectivity index (χ3n) is 5.58. The van der Waals surface area contributed by atoms with E-state index in [0.29, 0.717) is 17.9 Å². The summed E-state index contributed by atoms with van der Waals surface area (Å²) in [5, 5.41) is 3.06. The largest absolute Gasteiger partial charge is 0.352 e. The van der Waals surface area contributed by atoms with E-state index in [1.807, 2.05) is 29.2 Å². The predicted octanol–water partition coefficient (Wildman–Crippen LogP) is 3.40. The van der Waals surface area contributed by atoms with Gasteiger partial charge in [-0.2, -0.15) is 0 Å². The monoisotopic (exact) mass is 403 g/mol. The average Bonchev–Trinajstić information content (AvgIpc) is 3.14. The maximum Gasteiger partial charge on any atom is 0.252 e. The molecule has 1 N–H and O–H groups in total. The molecule has 0 radical (unpaired) electrons. The van der Waals surface area contributed by atoms with Gasteiger partial charge in [-0.25, -0.2) is 0 Å². The third kappa shape index (κ3) is 6.52. The van der Waals surface area contributed by atoms with Gasteiger partial charge in [0, 0.05) is 24.5 Å². The highest BCUT2D eigenvalue weighted by atomic mass is 32.2. The van der Waals surface area contributed by atoms with Crippen molar-refractivity contribution in [2.75, 3.05) is 45.0 Å². The van der Waals surface area contributed by atoms with Gasteiger partial charge < -0.3 is 15.1 Å². The van der Waals surface area contributed by atoms with Crippen molar-refractivity contribution in [3.63, 3.8) is 0 Å². The van der Waals surface area contributed by atoms with Gasteiger partial charge in [0.2, 0.25) is 5.91 Å². The number of carbonyl (C=O) groups excluding carboxylic acids is 2. The van der Waals surface area contributed by atoms with Crippen molar-refractivity contribution in [3.05, 3.63) is 29.8 Å². The number of nitrogens with one attached hydrogen (secondary N) is 1. The summed E-state index contributed by atoms with van der Waals surface area (Å²) in [7, 11) is 0. The number of amides is 2. The summed E-state index contributed by atoms with van der Waals surface area (Å²) in [6.45, 7) is 5.88. The first-order valence-electron chi connectivity index (χ1n) is 10.7. The number of hydrogen-bond donors (Lipinski definition) is 1. The molecule has 2 heterocycles. The Hall–Kier alpha value is -1.53. The Morgan fingerprint density at radius 1 is 0.929 bits per heavy atom. The molecule has 1 aromatic rings. The predicted molar refractivity (Wildman–Crippen MR) is 115 cm³/mol. The molecule has 0 unspecified atom stereocenters. The van der Waals surface area contributed by atoms with E-state index in [9.17, 15) is 9.59 Å². The molecule has 2 amide bonds. The summed E-state index contributed by atoms with van der Waals surface area (Å²) in [6.07, 6.45) is 8.48. The molecule has 0 aromatic heterocycles. The van der Waals surface area contributed by atoms with Crippen molar-refractivity contribution in [2.45, 2.75) is 49.8 Å². The van der Waals surface area contributed by atoms with Crippen LogP contribution in [0.3, 0.4) is 0 Å². The van der Waals surface area contributed by atoms with Gasteiger partial charge in [0.25, 0.3) is 5.91 Å². The van der Waals surface area contributed by atoms with E-state index in [1.54, 1.807) is 0 Å². The highest BCUT2D eigenvalue weighted by Gasteiger charge is 2.19. The minimum atomic E-state index is -0.0346. The van der Waals surface area contributed by atoms with Crippen molar-refractivity contribution < 1.29 is 9.59 Å². The van der Waals surface area contributed by atoms with Crippen molar-refractivity contribution in [1.29, 1.82) is 0 Å². The molecule has 5 nitrogen and oxygen atoms in total. The van der Waals surface area contributed by atoms with Crippen LogP contribution in [0, 0.1) is 0 Å². The van der Waals surface area contributed by atoms with Crippen molar-refractivity contribution >= 4 is 23.6 Å². The number of carbonyl (C=O) groups is 2. The molecule has 0 atom stereocenters. The third-order valence-corrected chi connectivity index (χ3v) is 6.64. The standard InChI is InChI=1S/C22H33N3O2S/c26-21(25-16-7-8-17-25)18-28-20-11-4-3-10-19(20)22(27)23-12-9-15-24-13-5-1-2-6-14-24/h3-4,10-11H,1-2,5-9,12-18H2,(H,23,27). The number of likely N-dealkylation sites (tertiary alicyclic amines) is 2. The Balaban J connectivity index is 1.43. The van der Waals surface area contributed by atoms with Crippen molar-refractivity contribution in [1.82, 2.24) is 15.1 Å². The zero-order chi connectivity index (χ0) is 19.6. The Bertz CT molecular complexity index is 638. The van der Waals surface area contributed by atoms with Gasteiger partial charge >= 0.3 is 0 Å². The van der Waals surface area contributed by atoms with Crippen molar-refractivity contribution in [3.8, 4) is 0 Å². The van der Waals surface area contributed by atoms with Crippen LogP contribution in [-0.4, -0.2) is 66.6 Å². The summed E-state index contributed by atoms with van der Waals surface area (Å²) >= 11 is 1.47. The van der Waals surface area contributed by atoms with E-state index in [4.69, 9.17) is 0 Å². The topological polar surface area (TPSA) is 52.7 Å². The Labute approximate surface area is 173 Å². The van der Waals surface area contributed by atoms with Crippen LogP contribution in [-0.2, 0) is 4.79 Å². The first-order valence-corrected chi connectivity index (χ1v) is 11.7. The fraction of sp³-hybridized carbons (Fsp3) is 0.636. The van der Waals surface area contributed by atoms with E-state index >= 15 is 0 Å². The maximum atomic E-state index is 12.6. The lowest BCUT2D eigenvalue weighted by Crippen LogP contribution is -2.31. The van der Waals surface area contributed by atoms with E-state index in [0.717, 1.165) is 43.8 Å². The van der Waals surface area contributed by atoms with E-state index in [1.165, 1.54) is 50.5 Å². The zero-order valence-electron chi connectivity index (χ0n) is 16.8. The first kappa shape index (κ1) is 21.2. The zero-order valence-corrected chi connectivity index (χ0v) is 17.6. The van der Waals surface area contributed by atoms with E-state index < -0.39 is 0 Å². The number of rotatable bonds is 8. The smallest absolute Gasteiger partial charge is 0.252 e. The SMILES string of the molecule is O=C(NCCCN1CCCCCC1)c1ccccc1SCC(=O)N1CCCC1. The molecule has 2 aliphatic rings. The second kappa shape index (κ2) is 11.5. The molecule has 154 valence electrons. The fourth-order valence-electron chi connectivity index (χ4n) is 3.94.